The normalized spacial score (nSPS) is 13.2. The van der Waals surface area contributed by atoms with Crippen LogP contribution in [0.25, 0.3) is 32.9 Å². The molecule has 0 aliphatic heterocycles. The molecule has 1 unspecified atom stereocenters. The van der Waals surface area contributed by atoms with E-state index in [9.17, 15) is 0 Å². The summed E-state index contributed by atoms with van der Waals surface area (Å²) in [5, 5.41) is 9.05. The molecule has 0 radical (unpaired) electrons. The van der Waals surface area contributed by atoms with Gasteiger partial charge < -0.3 is 10.2 Å². The van der Waals surface area contributed by atoms with Crippen molar-refractivity contribution in [2.24, 2.45) is 0 Å². The molecule has 356 valence electrons. The average molecular weight is 930 g/mol. The summed E-state index contributed by atoms with van der Waals surface area (Å²) in [7, 11) is 0. The first kappa shape index (κ1) is 49.6. The summed E-state index contributed by atoms with van der Waals surface area (Å²) in [6, 6.07) is 54.7. The molecular weight excluding hydrogens is 855 g/mol. The SMILES string of the molecule is C=C(NC1CCC1)c1ccc(SN(CCCc2c3ccccc3cc3ccccc23)CCN(C(=C)CCCCc2ccc(C(CC)c3ccc(C)cc3C)cc2)C(=C)c2ccccc2)c(C(C)C)c1. The van der Waals surface area contributed by atoms with E-state index in [0.29, 0.717) is 17.9 Å². The standard InChI is InChI=1S/C65H75N3S/c1-9-59(60-38-32-47(4)43-48(60)5)54-35-33-52(34-36-54)22-14-13-21-49(6)68(51(8)53-23-11-10-12-24-53)42-41-67(69-65-39-37-55(45-64(65)46(2)3)50(7)66-58-27-19-28-58)40-20-31-63-61-29-17-15-25-56(61)44-57-26-16-18-30-62(57)63/h10-12,15-18,23-26,29-30,32-39,43-46,58-59,66H,6-9,13-14,19-22,27-28,31,40-42H2,1-5H3. The van der Waals surface area contributed by atoms with Crippen molar-refractivity contribution < 1.29 is 0 Å². The van der Waals surface area contributed by atoms with E-state index in [0.717, 1.165) is 87.2 Å². The van der Waals surface area contributed by atoms with E-state index in [1.54, 1.807) is 0 Å². The predicted octanol–water partition coefficient (Wildman–Crippen LogP) is 17.2. The molecule has 7 aromatic rings. The van der Waals surface area contributed by atoms with Gasteiger partial charge in [0.05, 0.1) is 0 Å². The smallest absolute Gasteiger partial charge is 0.0409 e. The van der Waals surface area contributed by atoms with Crippen LogP contribution in [0.3, 0.4) is 0 Å². The Morgan fingerprint density at radius 1 is 0.667 bits per heavy atom. The molecule has 4 heteroatoms. The van der Waals surface area contributed by atoms with Crippen LogP contribution in [0.15, 0.2) is 176 Å². The number of hydrogen-bond donors (Lipinski definition) is 1. The number of allylic oxidation sites excluding steroid dienone is 1. The molecule has 1 saturated carbocycles. The minimum Gasteiger partial charge on any atom is -0.382 e. The Labute approximate surface area is 419 Å². The molecule has 0 amide bonds. The van der Waals surface area contributed by atoms with Crippen molar-refractivity contribution in [2.75, 3.05) is 19.6 Å². The summed E-state index contributed by atoms with van der Waals surface area (Å²) in [6.07, 6.45) is 11.1. The molecule has 1 aliphatic carbocycles. The molecule has 0 saturated heterocycles. The summed E-state index contributed by atoms with van der Waals surface area (Å²) in [5.41, 5.74) is 15.3. The molecule has 1 fully saturated rings. The Balaban J connectivity index is 0.984. The lowest BCUT2D eigenvalue weighted by Gasteiger charge is -2.32. The van der Waals surface area contributed by atoms with Crippen molar-refractivity contribution in [3.63, 3.8) is 0 Å². The fraction of sp³-hybridized carbons (Fsp3) is 0.323. The molecule has 0 heterocycles. The van der Waals surface area contributed by atoms with Crippen LogP contribution >= 0.6 is 11.9 Å². The number of aryl methyl sites for hydroxylation is 4. The van der Waals surface area contributed by atoms with Gasteiger partial charge in [0, 0.05) is 53.6 Å². The van der Waals surface area contributed by atoms with Crippen molar-refractivity contribution >= 4 is 44.9 Å². The molecule has 0 bridgehead atoms. The first-order chi connectivity index (χ1) is 33.6. The first-order valence-electron chi connectivity index (χ1n) is 25.8. The van der Waals surface area contributed by atoms with Crippen molar-refractivity contribution in [3.05, 3.63) is 221 Å². The van der Waals surface area contributed by atoms with Gasteiger partial charge in [-0.15, -0.1) is 0 Å². The van der Waals surface area contributed by atoms with Gasteiger partial charge in [-0.3, -0.25) is 0 Å². The van der Waals surface area contributed by atoms with Gasteiger partial charge in [0.2, 0.25) is 0 Å². The van der Waals surface area contributed by atoms with Gasteiger partial charge in [0.15, 0.2) is 0 Å². The number of rotatable bonds is 24. The lowest BCUT2D eigenvalue weighted by atomic mass is 9.85. The van der Waals surface area contributed by atoms with Gasteiger partial charge in [-0.25, -0.2) is 4.31 Å². The van der Waals surface area contributed by atoms with E-state index in [-0.39, 0.29) is 0 Å². The summed E-state index contributed by atoms with van der Waals surface area (Å²) in [6.45, 7) is 27.9. The van der Waals surface area contributed by atoms with Gasteiger partial charge in [-0.2, -0.15) is 0 Å². The fourth-order valence-electron chi connectivity index (χ4n) is 10.3. The highest BCUT2D eigenvalue weighted by atomic mass is 32.2. The largest absolute Gasteiger partial charge is 0.382 e. The summed E-state index contributed by atoms with van der Waals surface area (Å²) in [5.74, 6) is 0.795. The molecule has 1 N–H and O–H groups in total. The Hall–Kier alpha value is -5.81. The van der Waals surface area contributed by atoms with Crippen molar-refractivity contribution in [1.82, 2.24) is 14.5 Å². The molecule has 7 aromatic carbocycles. The third-order valence-electron chi connectivity index (χ3n) is 14.6. The number of nitrogens with zero attached hydrogens (tertiary/aromatic N) is 2. The number of benzene rings is 7. The van der Waals surface area contributed by atoms with E-state index < -0.39 is 0 Å². The maximum absolute atomic E-state index is 4.77. The zero-order valence-corrected chi connectivity index (χ0v) is 43.0. The number of hydrogen-bond acceptors (Lipinski definition) is 4. The second kappa shape index (κ2) is 23.7. The molecule has 0 spiro atoms. The number of nitrogens with one attached hydrogen (secondary N) is 1. The maximum Gasteiger partial charge on any atom is 0.0409 e. The Morgan fingerprint density at radius 2 is 1.36 bits per heavy atom. The highest BCUT2D eigenvalue weighted by Gasteiger charge is 2.22. The second-order valence-corrected chi connectivity index (χ2v) is 21.0. The van der Waals surface area contributed by atoms with Gasteiger partial charge in [-0.05, 0) is 180 Å². The van der Waals surface area contributed by atoms with Gasteiger partial charge in [-0.1, -0.05) is 173 Å². The third kappa shape index (κ3) is 12.5. The van der Waals surface area contributed by atoms with E-state index in [2.05, 4.69) is 201 Å². The summed E-state index contributed by atoms with van der Waals surface area (Å²) < 4.78 is 2.61. The first-order valence-corrected chi connectivity index (χ1v) is 26.6. The molecule has 1 aliphatic rings. The summed E-state index contributed by atoms with van der Waals surface area (Å²) in [4.78, 5) is 3.73. The van der Waals surface area contributed by atoms with E-state index in [4.69, 9.17) is 13.2 Å². The van der Waals surface area contributed by atoms with Crippen LogP contribution in [0.4, 0.5) is 0 Å². The molecule has 3 nitrogen and oxygen atoms in total. The van der Waals surface area contributed by atoms with E-state index in [1.807, 2.05) is 11.9 Å². The lowest BCUT2D eigenvalue weighted by molar-refractivity contribution is 0.378. The maximum atomic E-state index is 4.77. The third-order valence-corrected chi connectivity index (χ3v) is 15.8. The van der Waals surface area contributed by atoms with E-state index >= 15 is 0 Å². The second-order valence-electron chi connectivity index (χ2n) is 19.9. The molecule has 0 aromatic heterocycles. The van der Waals surface area contributed by atoms with Crippen LogP contribution in [-0.4, -0.2) is 34.9 Å². The predicted molar refractivity (Wildman–Crippen MR) is 301 cm³/mol. The molecular formula is C65H75N3S. The molecule has 1 atom stereocenters. The van der Waals surface area contributed by atoms with Gasteiger partial charge >= 0.3 is 0 Å². The van der Waals surface area contributed by atoms with Crippen molar-refractivity contribution in [2.45, 2.75) is 122 Å². The van der Waals surface area contributed by atoms with Crippen LogP contribution in [0, 0.1) is 13.8 Å². The van der Waals surface area contributed by atoms with Crippen molar-refractivity contribution in [3.8, 4) is 0 Å². The number of unbranched alkanes of at least 4 members (excludes halogenated alkanes) is 1. The average Bonchev–Trinajstić information content (AvgIpc) is 3.35. The zero-order valence-electron chi connectivity index (χ0n) is 42.2. The molecule has 8 rings (SSSR count). The van der Waals surface area contributed by atoms with Crippen LogP contribution in [0.1, 0.15) is 134 Å². The lowest BCUT2D eigenvalue weighted by Crippen LogP contribution is -2.33. The Kier molecular flexibility index (Phi) is 17.0. The van der Waals surface area contributed by atoms with Crippen molar-refractivity contribution in [1.29, 1.82) is 0 Å². The minimum absolute atomic E-state index is 0.371. The highest BCUT2D eigenvalue weighted by molar-refractivity contribution is 7.97. The fourth-order valence-corrected chi connectivity index (χ4v) is 11.5. The van der Waals surface area contributed by atoms with Crippen LogP contribution < -0.4 is 5.32 Å². The molecule has 69 heavy (non-hydrogen) atoms. The Bertz CT molecular complexity index is 2800. The van der Waals surface area contributed by atoms with Gasteiger partial charge in [0.25, 0.3) is 0 Å². The topological polar surface area (TPSA) is 18.5 Å². The van der Waals surface area contributed by atoms with Crippen LogP contribution in [-0.2, 0) is 12.8 Å². The Morgan fingerprint density at radius 3 is 2.01 bits per heavy atom. The highest BCUT2D eigenvalue weighted by Crippen LogP contribution is 2.36. The van der Waals surface area contributed by atoms with Crippen LogP contribution in [0.2, 0.25) is 0 Å². The minimum atomic E-state index is 0.371. The van der Waals surface area contributed by atoms with E-state index in [1.165, 1.54) is 90.2 Å². The number of fused-ring (bicyclic) bond motifs is 2. The quantitative estimate of drug-likeness (QED) is 0.0370. The zero-order chi connectivity index (χ0) is 48.3. The van der Waals surface area contributed by atoms with Gasteiger partial charge in [0.1, 0.15) is 0 Å². The summed E-state index contributed by atoms with van der Waals surface area (Å²) >= 11 is 1.92. The monoisotopic (exact) mass is 930 g/mol. The van der Waals surface area contributed by atoms with Crippen LogP contribution in [0.5, 0.6) is 0 Å².